The van der Waals surface area contributed by atoms with Gasteiger partial charge in [0, 0.05) is 18.2 Å². The van der Waals surface area contributed by atoms with Crippen LogP contribution in [-0.4, -0.2) is 24.7 Å². The quantitative estimate of drug-likeness (QED) is 0.515. The zero-order valence-electron chi connectivity index (χ0n) is 8.03. The molecule has 2 rings (SSSR count). The van der Waals surface area contributed by atoms with Crippen molar-refractivity contribution < 1.29 is 14.3 Å². The van der Waals surface area contributed by atoms with Crippen LogP contribution in [0.4, 0.5) is 0 Å². The second-order valence-electron chi connectivity index (χ2n) is 4.14. The van der Waals surface area contributed by atoms with Gasteiger partial charge in [-0.1, -0.05) is 0 Å². The molecular formula is C10H13ClO3. The average Bonchev–Trinajstić information content (AvgIpc) is 2.71. The number of alkyl halides is 1. The maximum Gasteiger partial charge on any atom is 0.309 e. The predicted octanol–water partition coefficient (Wildman–Crippen LogP) is 1.24. The van der Waals surface area contributed by atoms with Crippen LogP contribution in [0.25, 0.3) is 0 Å². The van der Waals surface area contributed by atoms with E-state index in [1.807, 2.05) is 0 Å². The summed E-state index contributed by atoms with van der Waals surface area (Å²) in [4.78, 5) is 22.9. The summed E-state index contributed by atoms with van der Waals surface area (Å²) >= 11 is 5.80. The summed E-state index contributed by atoms with van der Waals surface area (Å²) in [6.45, 7) is 0. The smallest absolute Gasteiger partial charge is 0.309 e. The van der Waals surface area contributed by atoms with Gasteiger partial charge in [-0.2, -0.15) is 0 Å². The Morgan fingerprint density at radius 2 is 2.36 bits per heavy atom. The number of esters is 1. The van der Waals surface area contributed by atoms with Gasteiger partial charge in [-0.25, -0.2) is 0 Å². The summed E-state index contributed by atoms with van der Waals surface area (Å²) in [5.74, 6) is 0.532. The van der Waals surface area contributed by atoms with Gasteiger partial charge in [0.05, 0.1) is 13.0 Å². The molecule has 0 radical (unpaired) electrons. The molecule has 2 bridgehead atoms. The number of halogens is 1. The number of hydrogen-bond donors (Lipinski definition) is 0. The zero-order valence-corrected chi connectivity index (χ0v) is 8.79. The standard InChI is InChI=1S/C10H13ClO3/c1-14-10(13)9-5-2-6(7(9)4-11)8(12)3-5/h5-7,9H,2-4H2,1H3. The third-order valence-electron chi connectivity index (χ3n) is 3.57. The molecule has 0 N–H and O–H groups in total. The maximum absolute atomic E-state index is 11.5. The fourth-order valence-electron chi connectivity index (χ4n) is 2.94. The van der Waals surface area contributed by atoms with E-state index in [2.05, 4.69) is 0 Å². The predicted molar refractivity (Wildman–Crippen MR) is 50.9 cm³/mol. The molecule has 0 aromatic carbocycles. The number of rotatable bonds is 2. The van der Waals surface area contributed by atoms with Gasteiger partial charge in [0.2, 0.25) is 0 Å². The Hall–Kier alpha value is -0.570. The molecule has 0 saturated heterocycles. The van der Waals surface area contributed by atoms with Crippen LogP contribution in [0, 0.1) is 23.7 Å². The molecule has 2 aliphatic rings. The molecule has 2 aliphatic carbocycles. The first-order valence-corrected chi connectivity index (χ1v) is 5.39. The molecule has 2 saturated carbocycles. The van der Waals surface area contributed by atoms with Crippen LogP contribution in [0.3, 0.4) is 0 Å². The molecular weight excluding hydrogens is 204 g/mol. The van der Waals surface area contributed by atoms with Crippen LogP contribution in [-0.2, 0) is 14.3 Å². The van der Waals surface area contributed by atoms with Crippen molar-refractivity contribution in [3.8, 4) is 0 Å². The van der Waals surface area contributed by atoms with E-state index in [-0.39, 0.29) is 35.4 Å². The Kier molecular flexibility index (Phi) is 2.52. The lowest BCUT2D eigenvalue weighted by Crippen LogP contribution is -2.35. The molecule has 4 atom stereocenters. The van der Waals surface area contributed by atoms with Crippen molar-refractivity contribution in [1.29, 1.82) is 0 Å². The van der Waals surface area contributed by atoms with Crippen molar-refractivity contribution in [2.24, 2.45) is 23.7 Å². The lowest BCUT2D eigenvalue weighted by molar-refractivity contribution is -0.149. The van der Waals surface area contributed by atoms with Gasteiger partial charge < -0.3 is 4.74 Å². The molecule has 0 heterocycles. The molecule has 0 aromatic rings. The summed E-state index contributed by atoms with van der Waals surface area (Å²) in [5.41, 5.74) is 0. The molecule has 0 aromatic heterocycles. The van der Waals surface area contributed by atoms with E-state index in [4.69, 9.17) is 16.3 Å². The number of methoxy groups -OCH3 is 1. The minimum Gasteiger partial charge on any atom is -0.469 e. The number of carbonyl (C=O) groups is 2. The van der Waals surface area contributed by atoms with Crippen molar-refractivity contribution >= 4 is 23.4 Å². The first-order chi connectivity index (χ1) is 6.69. The SMILES string of the molecule is COC(=O)C1C2CC(=O)C(C2)C1CCl. The van der Waals surface area contributed by atoms with E-state index in [0.717, 1.165) is 6.42 Å². The fourth-order valence-corrected chi connectivity index (χ4v) is 3.35. The first-order valence-electron chi connectivity index (χ1n) is 4.85. The second-order valence-corrected chi connectivity index (χ2v) is 4.45. The van der Waals surface area contributed by atoms with Crippen molar-refractivity contribution in [2.75, 3.05) is 13.0 Å². The van der Waals surface area contributed by atoms with Crippen LogP contribution in [0.5, 0.6) is 0 Å². The van der Waals surface area contributed by atoms with Gasteiger partial charge in [-0.05, 0) is 18.3 Å². The van der Waals surface area contributed by atoms with E-state index in [9.17, 15) is 9.59 Å². The highest BCUT2D eigenvalue weighted by atomic mass is 35.5. The van der Waals surface area contributed by atoms with Crippen LogP contribution in [0.1, 0.15) is 12.8 Å². The third kappa shape index (κ3) is 1.26. The first kappa shape index (κ1) is 9.97. The van der Waals surface area contributed by atoms with Crippen LogP contribution < -0.4 is 0 Å². The number of fused-ring (bicyclic) bond motifs is 2. The highest BCUT2D eigenvalue weighted by Crippen LogP contribution is 2.51. The fraction of sp³-hybridized carbons (Fsp3) is 0.800. The van der Waals surface area contributed by atoms with Crippen LogP contribution >= 0.6 is 11.6 Å². The lowest BCUT2D eigenvalue weighted by atomic mass is 9.80. The number of ether oxygens (including phenoxy) is 1. The molecule has 4 heteroatoms. The third-order valence-corrected chi connectivity index (χ3v) is 3.93. The van der Waals surface area contributed by atoms with Gasteiger partial charge in [-0.15, -0.1) is 11.6 Å². The van der Waals surface area contributed by atoms with Crippen molar-refractivity contribution in [2.45, 2.75) is 12.8 Å². The Labute approximate surface area is 87.8 Å². The van der Waals surface area contributed by atoms with E-state index in [0.29, 0.717) is 12.3 Å². The summed E-state index contributed by atoms with van der Waals surface area (Å²) < 4.78 is 4.75. The topological polar surface area (TPSA) is 43.4 Å². The zero-order chi connectivity index (χ0) is 10.3. The molecule has 2 fully saturated rings. The minimum atomic E-state index is -0.198. The van der Waals surface area contributed by atoms with Crippen molar-refractivity contribution in [1.82, 2.24) is 0 Å². The summed E-state index contributed by atoms with van der Waals surface area (Å²) in [6, 6.07) is 0. The average molecular weight is 217 g/mol. The largest absolute Gasteiger partial charge is 0.469 e. The molecule has 0 aliphatic heterocycles. The molecule has 0 amide bonds. The Balaban J connectivity index is 2.20. The molecule has 78 valence electrons. The highest BCUT2D eigenvalue weighted by Gasteiger charge is 2.54. The van der Waals surface area contributed by atoms with Gasteiger partial charge in [0.25, 0.3) is 0 Å². The van der Waals surface area contributed by atoms with Gasteiger partial charge in [0.15, 0.2) is 0 Å². The van der Waals surface area contributed by atoms with Crippen molar-refractivity contribution in [3.05, 3.63) is 0 Å². The van der Waals surface area contributed by atoms with E-state index >= 15 is 0 Å². The molecule has 3 nitrogen and oxygen atoms in total. The van der Waals surface area contributed by atoms with E-state index in [1.54, 1.807) is 0 Å². The Morgan fingerprint density at radius 3 is 2.93 bits per heavy atom. The molecule has 4 unspecified atom stereocenters. The second kappa shape index (κ2) is 3.54. The van der Waals surface area contributed by atoms with Gasteiger partial charge >= 0.3 is 5.97 Å². The van der Waals surface area contributed by atoms with Gasteiger partial charge in [-0.3, -0.25) is 9.59 Å². The normalized spacial score (nSPS) is 40.3. The highest BCUT2D eigenvalue weighted by molar-refractivity contribution is 6.18. The Bertz CT molecular complexity index is 277. The van der Waals surface area contributed by atoms with Gasteiger partial charge in [0.1, 0.15) is 5.78 Å². The Morgan fingerprint density at radius 1 is 1.64 bits per heavy atom. The molecule has 14 heavy (non-hydrogen) atoms. The van der Waals surface area contributed by atoms with E-state index in [1.165, 1.54) is 7.11 Å². The lowest BCUT2D eigenvalue weighted by Gasteiger charge is -2.26. The minimum absolute atomic E-state index is 0.00960. The number of carbonyl (C=O) groups excluding carboxylic acids is 2. The number of hydrogen-bond acceptors (Lipinski definition) is 3. The maximum atomic E-state index is 11.5. The molecule has 0 spiro atoms. The van der Waals surface area contributed by atoms with Crippen molar-refractivity contribution in [3.63, 3.8) is 0 Å². The summed E-state index contributed by atoms with van der Waals surface area (Å²) in [5, 5.41) is 0. The number of Topliss-reactive ketones (excluding diaryl/α,β-unsaturated/α-hetero) is 1. The van der Waals surface area contributed by atoms with Crippen LogP contribution in [0.2, 0.25) is 0 Å². The van der Waals surface area contributed by atoms with Crippen LogP contribution in [0.15, 0.2) is 0 Å². The van der Waals surface area contributed by atoms with E-state index < -0.39 is 0 Å². The number of ketones is 1. The summed E-state index contributed by atoms with van der Waals surface area (Å²) in [6.07, 6.45) is 1.37. The monoisotopic (exact) mass is 216 g/mol. The summed E-state index contributed by atoms with van der Waals surface area (Å²) in [7, 11) is 1.39.